The van der Waals surface area contributed by atoms with Crippen molar-refractivity contribution in [2.45, 2.75) is 31.5 Å². The quantitative estimate of drug-likeness (QED) is 0.700. The van der Waals surface area contributed by atoms with Crippen LogP contribution in [0.4, 0.5) is 10.5 Å². The molecule has 3 heterocycles. The molecule has 0 spiro atoms. The fraction of sp³-hybridized carbons (Fsp3) is 0.500. The minimum Gasteiger partial charge on any atom is -0.490 e. The van der Waals surface area contributed by atoms with Crippen molar-refractivity contribution in [1.82, 2.24) is 15.1 Å². The first-order valence-electron chi connectivity index (χ1n) is 12.2. The molecule has 0 saturated carbocycles. The zero-order valence-electron chi connectivity index (χ0n) is 19.2. The van der Waals surface area contributed by atoms with Gasteiger partial charge in [0.1, 0.15) is 19.0 Å². The summed E-state index contributed by atoms with van der Waals surface area (Å²) in [6.07, 6.45) is 2.28. The molecule has 2 aromatic rings. The highest BCUT2D eigenvalue weighted by Gasteiger charge is 2.37. The van der Waals surface area contributed by atoms with Crippen LogP contribution in [-0.2, 0) is 11.3 Å². The van der Waals surface area contributed by atoms with Crippen LogP contribution in [0.3, 0.4) is 0 Å². The van der Waals surface area contributed by atoms with E-state index in [2.05, 4.69) is 39.4 Å². The number of piperazine rings is 2. The van der Waals surface area contributed by atoms with Gasteiger partial charge in [-0.2, -0.15) is 0 Å². The van der Waals surface area contributed by atoms with Gasteiger partial charge < -0.3 is 24.6 Å². The van der Waals surface area contributed by atoms with Gasteiger partial charge in [0, 0.05) is 57.9 Å². The molecule has 0 radical (unpaired) electrons. The van der Waals surface area contributed by atoms with Crippen LogP contribution in [0.5, 0.6) is 5.75 Å². The van der Waals surface area contributed by atoms with E-state index in [-0.39, 0.29) is 6.09 Å². The van der Waals surface area contributed by atoms with Crippen LogP contribution in [-0.4, -0.2) is 80.4 Å². The monoisotopic (exact) mass is 450 g/mol. The number of nitrogens with zero attached hydrogens (tertiary/aromatic N) is 3. The number of rotatable bonds is 7. The first-order valence-corrected chi connectivity index (χ1v) is 12.2. The van der Waals surface area contributed by atoms with Crippen LogP contribution in [0.1, 0.15) is 18.4 Å². The van der Waals surface area contributed by atoms with E-state index in [0.717, 1.165) is 44.0 Å². The Morgan fingerprint density at radius 1 is 0.909 bits per heavy atom. The van der Waals surface area contributed by atoms with Crippen molar-refractivity contribution in [3.8, 4) is 5.75 Å². The number of nitrogens with one attached hydrogen (secondary N) is 1. The first kappa shape index (κ1) is 22.0. The molecule has 3 fully saturated rings. The zero-order chi connectivity index (χ0) is 22.5. The number of anilines is 1. The van der Waals surface area contributed by atoms with E-state index in [1.54, 1.807) is 4.90 Å². The highest BCUT2D eigenvalue weighted by atomic mass is 16.6. The third-order valence-corrected chi connectivity index (χ3v) is 7.02. The molecule has 5 rings (SSSR count). The molecule has 176 valence electrons. The van der Waals surface area contributed by atoms with E-state index in [4.69, 9.17) is 9.47 Å². The van der Waals surface area contributed by atoms with Gasteiger partial charge in [-0.15, -0.1) is 0 Å². The number of fused-ring (bicyclic) bond motifs is 2. The van der Waals surface area contributed by atoms with Crippen LogP contribution in [0, 0.1) is 0 Å². The summed E-state index contributed by atoms with van der Waals surface area (Å²) in [6.45, 7) is 7.00. The fourth-order valence-corrected chi connectivity index (χ4v) is 5.21. The van der Waals surface area contributed by atoms with Gasteiger partial charge in [0.05, 0.1) is 5.69 Å². The number of carbonyl (C=O) groups is 1. The molecular weight excluding hydrogens is 416 g/mol. The maximum Gasteiger partial charge on any atom is 0.410 e. The molecule has 2 bridgehead atoms. The summed E-state index contributed by atoms with van der Waals surface area (Å²) in [5.74, 6) is 0.986. The minimum absolute atomic E-state index is 0.227. The van der Waals surface area contributed by atoms with Crippen molar-refractivity contribution in [2.24, 2.45) is 0 Å². The van der Waals surface area contributed by atoms with Crippen molar-refractivity contribution in [2.75, 3.05) is 57.3 Å². The third kappa shape index (κ3) is 5.25. The van der Waals surface area contributed by atoms with Crippen molar-refractivity contribution in [3.63, 3.8) is 0 Å². The Morgan fingerprint density at radius 2 is 1.61 bits per heavy atom. The number of ether oxygens (including phenoxy) is 2. The molecule has 3 saturated heterocycles. The molecule has 7 heteroatoms. The summed E-state index contributed by atoms with van der Waals surface area (Å²) in [4.78, 5) is 19.1. The summed E-state index contributed by atoms with van der Waals surface area (Å²) in [6, 6.07) is 19.4. The molecule has 2 atom stereocenters. The van der Waals surface area contributed by atoms with Crippen LogP contribution in [0.15, 0.2) is 54.6 Å². The molecule has 1 N–H and O–H groups in total. The molecule has 2 aromatic carbocycles. The number of hydrogen-bond donors (Lipinski definition) is 1. The Hall–Kier alpha value is -2.77. The molecule has 3 aliphatic heterocycles. The number of carbonyl (C=O) groups excluding carboxylic acids is 1. The standard InChI is InChI=1S/C26H34N4O3/c31-26(33-20-21-6-2-1-3-7-21)29-14-12-28(13-15-29)16-17-32-25-9-5-4-8-24(25)30-22-10-11-23(30)19-27-18-22/h1-9,22-23,27H,10-20H2/t22-,23+. The van der Waals surface area contributed by atoms with Crippen molar-refractivity contribution in [1.29, 1.82) is 0 Å². The lowest BCUT2D eigenvalue weighted by Crippen LogP contribution is -2.52. The molecule has 1 amide bonds. The average molecular weight is 451 g/mol. The lowest BCUT2D eigenvalue weighted by atomic mass is 10.1. The number of benzene rings is 2. The van der Waals surface area contributed by atoms with Gasteiger partial charge in [0.25, 0.3) is 0 Å². The van der Waals surface area contributed by atoms with Crippen LogP contribution >= 0.6 is 0 Å². The minimum atomic E-state index is -0.227. The summed E-state index contributed by atoms with van der Waals surface area (Å²) in [7, 11) is 0. The van der Waals surface area contributed by atoms with Gasteiger partial charge in [0.15, 0.2) is 0 Å². The van der Waals surface area contributed by atoms with E-state index >= 15 is 0 Å². The predicted molar refractivity (Wildman–Crippen MR) is 129 cm³/mol. The van der Waals surface area contributed by atoms with Gasteiger partial charge in [-0.3, -0.25) is 4.90 Å². The van der Waals surface area contributed by atoms with E-state index in [0.29, 0.717) is 38.4 Å². The Balaban J connectivity index is 1.06. The molecule has 3 aliphatic rings. The van der Waals surface area contributed by atoms with Gasteiger partial charge >= 0.3 is 6.09 Å². The Kier molecular flexibility index (Phi) is 6.98. The second-order valence-electron chi connectivity index (χ2n) is 9.14. The van der Waals surface area contributed by atoms with Crippen LogP contribution in [0.25, 0.3) is 0 Å². The molecule has 0 aliphatic carbocycles. The smallest absolute Gasteiger partial charge is 0.410 e. The Labute approximate surface area is 196 Å². The summed E-state index contributed by atoms with van der Waals surface area (Å²) in [5.41, 5.74) is 2.24. The maximum absolute atomic E-state index is 12.4. The highest BCUT2D eigenvalue weighted by Crippen LogP contribution is 2.37. The van der Waals surface area contributed by atoms with Gasteiger partial charge in [0.2, 0.25) is 0 Å². The number of amides is 1. The Bertz CT molecular complexity index is 901. The van der Waals surface area contributed by atoms with Gasteiger partial charge in [-0.25, -0.2) is 4.79 Å². The second kappa shape index (κ2) is 10.4. The lowest BCUT2D eigenvalue weighted by Gasteiger charge is -2.38. The van der Waals surface area contributed by atoms with Crippen LogP contribution < -0.4 is 15.0 Å². The predicted octanol–water partition coefficient (Wildman–Crippen LogP) is 2.96. The number of para-hydroxylation sites is 2. The fourth-order valence-electron chi connectivity index (χ4n) is 5.21. The average Bonchev–Trinajstić information content (AvgIpc) is 3.11. The summed E-state index contributed by atoms with van der Waals surface area (Å²) < 4.78 is 11.7. The largest absolute Gasteiger partial charge is 0.490 e. The summed E-state index contributed by atoms with van der Waals surface area (Å²) >= 11 is 0. The topological polar surface area (TPSA) is 57.3 Å². The van der Waals surface area contributed by atoms with E-state index in [1.165, 1.54) is 18.5 Å². The second-order valence-corrected chi connectivity index (χ2v) is 9.14. The third-order valence-electron chi connectivity index (χ3n) is 7.02. The normalized spacial score (nSPS) is 22.9. The van der Waals surface area contributed by atoms with Crippen LogP contribution in [0.2, 0.25) is 0 Å². The van der Waals surface area contributed by atoms with Crippen molar-refractivity contribution < 1.29 is 14.3 Å². The molecule has 7 nitrogen and oxygen atoms in total. The Morgan fingerprint density at radius 3 is 2.36 bits per heavy atom. The van der Waals surface area contributed by atoms with Gasteiger partial charge in [-0.05, 0) is 30.5 Å². The highest BCUT2D eigenvalue weighted by molar-refractivity contribution is 5.67. The maximum atomic E-state index is 12.4. The van der Waals surface area contributed by atoms with E-state index < -0.39 is 0 Å². The van der Waals surface area contributed by atoms with Gasteiger partial charge in [-0.1, -0.05) is 42.5 Å². The van der Waals surface area contributed by atoms with E-state index in [1.807, 2.05) is 30.3 Å². The van der Waals surface area contributed by atoms with E-state index in [9.17, 15) is 4.79 Å². The molecular formula is C26H34N4O3. The lowest BCUT2D eigenvalue weighted by molar-refractivity contribution is 0.0684. The van der Waals surface area contributed by atoms with Crippen molar-refractivity contribution in [3.05, 3.63) is 60.2 Å². The SMILES string of the molecule is O=C(OCc1ccccc1)N1CCN(CCOc2ccccc2N2[C@@H]3CC[C@H]2CNC3)CC1. The molecule has 33 heavy (non-hydrogen) atoms. The number of hydrogen-bond acceptors (Lipinski definition) is 6. The zero-order valence-corrected chi connectivity index (χ0v) is 19.2. The first-order chi connectivity index (χ1) is 16.3. The molecule has 0 unspecified atom stereocenters. The van der Waals surface area contributed by atoms with Crippen molar-refractivity contribution >= 4 is 11.8 Å². The summed E-state index contributed by atoms with van der Waals surface area (Å²) in [5, 5.41) is 3.55. The molecule has 0 aromatic heterocycles.